The number of rotatable bonds is 6. The van der Waals surface area contributed by atoms with Crippen molar-refractivity contribution in [2.24, 2.45) is 0 Å². The summed E-state index contributed by atoms with van der Waals surface area (Å²) in [6.45, 7) is 2.53. The number of nitrogens with one attached hydrogen (secondary N) is 1. The van der Waals surface area contributed by atoms with Crippen molar-refractivity contribution in [2.75, 3.05) is 13.1 Å². The van der Waals surface area contributed by atoms with Gasteiger partial charge in [-0.15, -0.1) is 11.3 Å². The number of hydrogen-bond donors (Lipinski definition) is 1. The molecule has 1 N–H and O–H groups in total. The molecule has 1 aliphatic heterocycles. The summed E-state index contributed by atoms with van der Waals surface area (Å²) in [7, 11) is -7.80. The zero-order chi connectivity index (χ0) is 23.6. The van der Waals surface area contributed by atoms with Crippen LogP contribution in [0, 0.1) is 6.92 Å². The van der Waals surface area contributed by atoms with Crippen molar-refractivity contribution in [1.29, 1.82) is 0 Å². The first-order chi connectivity index (χ1) is 15.7. The number of aryl methyl sites for hydroxylation is 1. The normalized spacial score (nSPS) is 15.5. The first-order valence-electron chi connectivity index (χ1n) is 10.4. The molecule has 1 amide bonds. The minimum atomic E-state index is -3.95. The Labute approximate surface area is 198 Å². The molecule has 0 spiro atoms. The van der Waals surface area contributed by atoms with Crippen LogP contribution in [0.2, 0.25) is 0 Å². The van der Waals surface area contributed by atoms with Crippen molar-refractivity contribution >= 4 is 37.1 Å². The molecule has 7 nitrogen and oxygen atoms in total. The maximum Gasteiger partial charge on any atom is 0.263 e. The van der Waals surface area contributed by atoms with Gasteiger partial charge in [-0.2, -0.15) is 0 Å². The third kappa shape index (κ3) is 5.03. The smallest absolute Gasteiger partial charge is 0.263 e. The molecular weight excluding hydrogens is 480 g/mol. The molecule has 0 saturated carbocycles. The first-order valence-corrected chi connectivity index (χ1v) is 14.3. The quantitative estimate of drug-likeness (QED) is 0.554. The van der Waals surface area contributed by atoms with Gasteiger partial charge >= 0.3 is 0 Å². The van der Waals surface area contributed by atoms with Gasteiger partial charge in [0.2, 0.25) is 19.9 Å². The summed E-state index contributed by atoms with van der Waals surface area (Å²) in [5, 5.41) is 1.85. The van der Waals surface area contributed by atoms with Gasteiger partial charge in [0.15, 0.2) is 0 Å². The molecule has 0 bridgehead atoms. The molecule has 0 unspecified atom stereocenters. The van der Waals surface area contributed by atoms with Gasteiger partial charge in [0, 0.05) is 19.1 Å². The molecule has 2 heterocycles. The summed E-state index contributed by atoms with van der Waals surface area (Å²) < 4.78 is 54.9. The van der Waals surface area contributed by atoms with E-state index in [4.69, 9.17) is 0 Å². The summed E-state index contributed by atoms with van der Waals surface area (Å²) in [5.41, 5.74) is 0.458. The highest BCUT2D eigenvalue weighted by atomic mass is 32.2. The molecule has 0 atom stereocenters. The van der Waals surface area contributed by atoms with Crippen LogP contribution in [0.1, 0.15) is 28.1 Å². The third-order valence-electron chi connectivity index (χ3n) is 5.65. The number of piperidine rings is 1. The number of thiophene rings is 1. The molecule has 0 aliphatic carbocycles. The van der Waals surface area contributed by atoms with Gasteiger partial charge in [0.25, 0.3) is 5.91 Å². The second kappa shape index (κ2) is 9.38. The van der Waals surface area contributed by atoms with Crippen molar-refractivity contribution in [3.63, 3.8) is 0 Å². The van der Waals surface area contributed by atoms with Crippen LogP contribution in [-0.2, 0) is 19.9 Å². The summed E-state index contributed by atoms with van der Waals surface area (Å²) in [6.07, 6.45) is 0.967. The highest BCUT2D eigenvalue weighted by Crippen LogP contribution is 2.26. The Morgan fingerprint density at radius 3 is 2.27 bits per heavy atom. The topological polar surface area (TPSA) is 101 Å². The van der Waals surface area contributed by atoms with E-state index in [-0.39, 0.29) is 26.6 Å². The molecule has 1 fully saturated rings. The molecule has 10 heteroatoms. The fraction of sp³-hybridized carbons (Fsp3) is 0.261. The molecular formula is C23H24N2O5S3. The van der Waals surface area contributed by atoms with Gasteiger partial charge in [-0.3, -0.25) is 4.79 Å². The van der Waals surface area contributed by atoms with Crippen molar-refractivity contribution in [2.45, 2.75) is 40.5 Å². The van der Waals surface area contributed by atoms with Gasteiger partial charge in [0.05, 0.1) is 19.6 Å². The van der Waals surface area contributed by atoms with Crippen LogP contribution >= 0.6 is 11.3 Å². The van der Waals surface area contributed by atoms with E-state index < -0.39 is 19.9 Å². The summed E-state index contributed by atoms with van der Waals surface area (Å²) >= 11 is 1.38. The monoisotopic (exact) mass is 504 g/mol. The van der Waals surface area contributed by atoms with E-state index in [0.29, 0.717) is 36.4 Å². The fourth-order valence-corrected chi connectivity index (χ4v) is 7.46. The average molecular weight is 505 g/mol. The van der Waals surface area contributed by atoms with E-state index >= 15 is 0 Å². The summed E-state index contributed by atoms with van der Waals surface area (Å²) in [4.78, 5) is 14.9. The van der Waals surface area contributed by atoms with E-state index in [2.05, 4.69) is 4.72 Å². The molecule has 3 aromatic rings. The van der Waals surface area contributed by atoms with Crippen LogP contribution in [0.3, 0.4) is 0 Å². The van der Waals surface area contributed by atoms with Crippen LogP contribution in [0.25, 0.3) is 0 Å². The molecule has 0 radical (unpaired) electrons. The van der Waals surface area contributed by atoms with Crippen molar-refractivity contribution in [3.8, 4) is 0 Å². The lowest BCUT2D eigenvalue weighted by Gasteiger charge is -2.32. The average Bonchev–Trinajstić information content (AvgIpc) is 3.34. The number of carbonyl (C=O) groups is 1. The van der Waals surface area contributed by atoms with Crippen LogP contribution in [-0.4, -0.2) is 46.8 Å². The van der Waals surface area contributed by atoms with Gasteiger partial charge in [-0.1, -0.05) is 30.3 Å². The second-order valence-electron chi connectivity index (χ2n) is 7.91. The predicted octanol–water partition coefficient (Wildman–Crippen LogP) is 3.47. The van der Waals surface area contributed by atoms with E-state index in [1.807, 2.05) is 11.4 Å². The fourth-order valence-electron chi connectivity index (χ4n) is 3.81. The molecule has 174 valence electrons. The molecule has 4 rings (SSSR count). The van der Waals surface area contributed by atoms with Gasteiger partial charge in [-0.05, 0) is 61.0 Å². The van der Waals surface area contributed by atoms with Gasteiger partial charge in [-0.25, -0.2) is 21.6 Å². The van der Waals surface area contributed by atoms with Crippen LogP contribution in [0.4, 0.5) is 0 Å². The minimum absolute atomic E-state index is 0.0408. The number of nitrogens with zero attached hydrogens (tertiary/aromatic N) is 1. The molecule has 33 heavy (non-hydrogen) atoms. The number of carbonyl (C=O) groups excluding carboxylic acids is 1. The van der Waals surface area contributed by atoms with Crippen LogP contribution in [0.15, 0.2) is 80.7 Å². The number of sulfonamides is 1. The van der Waals surface area contributed by atoms with Gasteiger partial charge in [0.1, 0.15) is 0 Å². The predicted molar refractivity (Wildman–Crippen MR) is 127 cm³/mol. The third-order valence-corrected chi connectivity index (χ3v) is 9.94. The number of benzene rings is 2. The lowest BCUT2D eigenvalue weighted by atomic mass is 10.1. The van der Waals surface area contributed by atoms with Gasteiger partial charge < -0.3 is 4.90 Å². The Bertz CT molecular complexity index is 1340. The maximum atomic E-state index is 13.2. The molecule has 1 saturated heterocycles. The standard InChI is InChI=1S/C23H24N2O5S3/c1-17-9-10-20(32(27,28)19-6-3-2-4-7-19)16-22(17)33(29,30)24-18-11-13-25(14-12-18)23(26)21-8-5-15-31-21/h2-10,15-16,18,24H,11-14H2,1H3. The van der Waals surface area contributed by atoms with Crippen molar-refractivity contribution in [1.82, 2.24) is 9.62 Å². The lowest BCUT2D eigenvalue weighted by Crippen LogP contribution is -2.46. The van der Waals surface area contributed by atoms with Crippen LogP contribution in [0.5, 0.6) is 0 Å². The summed E-state index contributed by atoms with van der Waals surface area (Å²) in [5.74, 6) is -0.0408. The van der Waals surface area contributed by atoms with Crippen LogP contribution < -0.4 is 4.72 Å². The highest BCUT2D eigenvalue weighted by molar-refractivity contribution is 7.91. The summed E-state index contributed by atoms with van der Waals surface area (Å²) in [6, 6.07) is 15.3. The van der Waals surface area contributed by atoms with E-state index in [1.54, 1.807) is 36.1 Å². The molecule has 2 aromatic carbocycles. The number of hydrogen-bond acceptors (Lipinski definition) is 6. The lowest BCUT2D eigenvalue weighted by molar-refractivity contribution is 0.0716. The number of sulfone groups is 1. The SMILES string of the molecule is Cc1ccc(S(=O)(=O)c2ccccc2)cc1S(=O)(=O)NC1CCN(C(=O)c2cccs2)CC1. The minimum Gasteiger partial charge on any atom is -0.338 e. The van der Waals surface area contributed by atoms with E-state index in [0.717, 1.165) is 0 Å². The zero-order valence-corrected chi connectivity index (χ0v) is 20.4. The first kappa shape index (κ1) is 23.6. The van der Waals surface area contributed by atoms with E-state index in [1.165, 1.54) is 41.7 Å². The Kier molecular flexibility index (Phi) is 6.71. The largest absolute Gasteiger partial charge is 0.338 e. The molecule has 1 aromatic heterocycles. The number of likely N-dealkylation sites (tertiary alicyclic amines) is 1. The van der Waals surface area contributed by atoms with Crippen molar-refractivity contribution < 1.29 is 21.6 Å². The van der Waals surface area contributed by atoms with Crippen molar-refractivity contribution in [3.05, 3.63) is 76.5 Å². The Morgan fingerprint density at radius 2 is 1.64 bits per heavy atom. The molecule has 1 aliphatic rings. The zero-order valence-electron chi connectivity index (χ0n) is 18.0. The Morgan fingerprint density at radius 1 is 0.939 bits per heavy atom. The highest BCUT2D eigenvalue weighted by Gasteiger charge is 2.29. The van der Waals surface area contributed by atoms with E-state index in [9.17, 15) is 21.6 Å². The second-order valence-corrected chi connectivity index (χ2v) is 12.5. The Hall–Kier alpha value is -2.53. The number of amides is 1. The Balaban J connectivity index is 1.50. The maximum absolute atomic E-state index is 13.2.